The lowest BCUT2D eigenvalue weighted by Gasteiger charge is -2.19. The summed E-state index contributed by atoms with van der Waals surface area (Å²) >= 11 is 0. The van der Waals surface area contributed by atoms with Crippen molar-refractivity contribution in [1.82, 2.24) is 20.2 Å². The first kappa shape index (κ1) is 25.3. The third-order valence-corrected chi connectivity index (χ3v) is 5.83. The number of hydrogen-bond donors (Lipinski definition) is 1. The van der Waals surface area contributed by atoms with Gasteiger partial charge in [0.25, 0.3) is 0 Å². The smallest absolute Gasteiger partial charge is 0.159 e. The Kier molecular flexibility index (Phi) is 9.11. The van der Waals surface area contributed by atoms with Gasteiger partial charge in [0.1, 0.15) is 0 Å². The van der Waals surface area contributed by atoms with Crippen molar-refractivity contribution in [1.29, 1.82) is 0 Å². The minimum Gasteiger partial charge on any atom is -0.383 e. The summed E-state index contributed by atoms with van der Waals surface area (Å²) in [6.45, 7) is 12.1. The molecule has 1 fully saturated rings. The average Bonchev–Trinajstić information content (AvgIpc) is 3.11. The van der Waals surface area contributed by atoms with Crippen molar-refractivity contribution in [2.24, 2.45) is 4.99 Å². The molecule has 1 aliphatic heterocycles. The Bertz CT molecular complexity index is 1100. The van der Waals surface area contributed by atoms with Gasteiger partial charge in [-0.05, 0) is 56.5 Å². The highest BCUT2D eigenvalue weighted by Crippen LogP contribution is 2.32. The van der Waals surface area contributed by atoms with Crippen LogP contribution < -0.4 is 5.32 Å². The van der Waals surface area contributed by atoms with Gasteiger partial charge in [0.05, 0.1) is 5.69 Å². The molecule has 0 aliphatic carbocycles. The molecule has 0 radical (unpaired) electrons. The summed E-state index contributed by atoms with van der Waals surface area (Å²) in [4.78, 5) is 16.3. The molecule has 0 amide bonds. The lowest BCUT2D eigenvalue weighted by molar-refractivity contribution is 0.566. The Hall–Kier alpha value is -3.31. The molecular formula is C29H37N5. The van der Waals surface area contributed by atoms with Crippen LogP contribution in [0.25, 0.3) is 22.5 Å². The van der Waals surface area contributed by atoms with E-state index in [9.17, 15) is 0 Å². The van der Waals surface area contributed by atoms with E-state index in [4.69, 9.17) is 9.97 Å². The zero-order valence-corrected chi connectivity index (χ0v) is 21.0. The molecule has 1 unspecified atom stereocenters. The molecule has 1 saturated heterocycles. The predicted octanol–water partition coefficient (Wildman–Crippen LogP) is 5.75. The Morgan fingerprint density at radius 2 is 2.03 bits per heavy atom. The first-order valence-electron chi connectivity index (χ1n) is 11.9. The van der Waals surface area contributed by atoms with E-state index in [1.54, 1.807) is 7.05 Å². The highest BCUT2D eigenvalue weighted by atomic mass is 15.0. The van der Waals surface area contributed by atoms with E-state index in [0.29, 0.717) is 5.92 Å². The van der Waals surface area contributed by atoms with Crippen molar-refractivity contribution in [3.63, 3.8) is 0 Å². The fourth-order valence-corrected chi connectivity index (χ4v) is 4.31. The first-order chi connectivity index (χ1) is 16.4. The Balaban J connectivity index is 2.14. The van der Waals surface area contributed by atoms with Gasteiger partial charge in [-0.3, -0.25) is 4.99 Å². The molecule has 0 spiro atoms. The number of aliphatic imine (C=N–C) groups is 1. The van der Waals surface area contributed by atoms with Gasteiger partial charge in [0, 0.05) is 62.4 Å². The molecule has 2 heterocycles. The monoisotopic (exact) mass is 455 g/mol. The second-order valence-electron chi connectivity index (χ2n) is 9.04. The number of nitrogens with one attached hydrogen (secondary N) is 1. The molecule has 178 valence electrons. The number of benzene rings is 1. The summed E-state index contributed by atoms with van der Waals surface area (Å²) in [5, 5.41) is 3.52. The second kappa shape index (κ2) is 12.2. The van der Waals surface area contributed by atoms with E-state index in [1.165, 1.54) is 0 Å². The number of aromatic nitrogens is 2. The highest BCUT2D eigenvalue weighted by Gasteiger charge is 2.22. The molecule has 3 rings (SSSR count). The van der Waals surface area contributed by atoms with Crippen molar-refractivity contribution in [3.05, 3.63) is 84.4 Å². The molecule has 0 bridgehead atoms. The Morgan fingerprint density at radius 3 is 2.74 bits per heavy atom. The zero-order valence-electron chi connectivity index (χ0n) is 21.0. The SMILES string of the molecule is C=C/C(=C\N(C)C)c1cccc(-c2ncc(C(/C=N\C)=C/C(=C)C)c(C3CCCNCC3)n2)c1. The van der Waals surface area contributed by atoms with Gasteiger partial charge >= 0.3 is 0 Å². The predicted molar refractivity (Wildman–Crippen MR) is 146 cm³/mol. The summed E-state index contributed by atoms with van der Waals surface area (Å²) in [6.07, 6.45) is 13.2. The minimum absolute atomic E-state index is 0.367. The number of nitrogens with zero attached hydrogens (tertiary/aromatic N) is 4. The fourth-order valence-electron chi connectivity index (χ4n) is 4.31. The van der Waals surface area contributed by atoms with Crippen molar-refractivity contribution >= 4 is 17.4 Å². The molecule has 1 aliphatic rings. The van der Waals surface area contributed by atoms with E-state index >= 15 is 0 Å². The van der Waals surface area contributed by atoms with Crippen LogP contribution in [0.2, 0.25) is 0 Å². The second-order valence-corrected chi connectivity index (χ2v) is 9.04. The van der Waals surface area contributed by atoms with Crippen LogP contribution in [0, 0.1) is 0 Å². The van der Waals surface area contributed by atoms with Crippen molar-refractivity contribution < 1.29 is 0 Å². The Labute approximate surface area is 204 Å². The molecule has 1 aromatic heterocycles. The summed E-state index contributed by atoms with van der Waals surface area (Å²) in [5.41, 5.74) is 7.27. The third kappa shape index (κ3) is 6.61. The molecule has 5 nitrogen and oxygen atoms in total. The van der Waals surface area contributed by atoms with Crippen LogP contribution >= 0.6 is 0 Å². The van der Waals surface area contributed by atoms with Crippen molar-refractivity contribution in [2.45, 2.75) is 32.1 Å². The Morgan fingerprint density at radius 1 is 1.21 bits per heavy atom. The molecule has 0 saturated carbocycles. The normalized spacial score (nSPS) is 17.5. The summed E-state index contributed by atoms with van der Waals surface area (Å²) in [7, 11) is 5.82. The number of allylic oxidation sites excluding steroid dienone is 5. The van der Waals surface area contributed by atoms with Gasteiger partial charge in [-0.25, -0.2) is 9.97 Å². The van der Waals surface area contributed by atoms with Gasteiger partial charge in [-0.15, -0.1) is 0 Å². The number of rotatable bonds is 8. The topological polar surface area (TPSA) is 53.4 Å². The molecule has 2 aromatic rings. The molecule has 34 heavy (non-hydrogen) atoms. The third-order valence-electron chi connectivity index (χ3n) is 5.83. The van der Waals surface area contributed by atoms with Crippen molar-refractivity contribution in [2.75, 3.05) is 34.2 Å². The maximum absolute atomic E-state index is 5.18. The van der Waals surface area contributed by atoms with E-state index in [0.717, 1.165) is 77.3 Å². The van der Waals surface area contributed by atoms with E-state index < -0.39 is 0 Å². The van der Waals surface area contributed by atoms with Gasteiger partial charge in [0.15, 0.2) is 5.82 Å². The molecule has 1 aromatic carbocycles. The summed E-state index contributed by atoms with van der Waals surface area (Å²) < 4.78 is 0. The molecule has 1 N–H and O–H groups in total. The number of hydrogen-bond acceptors (Lipinski definition) is 5. The fraction of sp³-hybridized carbons (Fsp3) is 0.345. The maximum Gasteiger partial charge on any atom is 0.159 e. The van der Waals surface area contributed by atoms with E-state index in [-0.39, 0.29) is 0 Å². The van der Waals surface area contributed by atoms with E-state index in [1.807, 2.05) is 44.4 Å². The van der Waals surface area contributed by atoms with Gasteiger partial charge in [-0.1, -0.05) is 49.1 Å². The summed E-state index contributed by atoms with van der Waals surface area (Å²) in [6, 6.07) is 8.37. The first-order valence-corrected chi connectivity index (χ1v) is 11.9. The molecular weight excluding hydrogens is 418 g/mol. The van der Waals surface area contributed by atoms with Crippen LogP contribution in [0.3, 0.4) is 0 Å². The van der Waals surface area contributed by atoms with Crippen LogP contribution in [0.1, 0.15) is 48.9 Å². The van der Waals surface area contributed by atoms with Crippen LogP contribution in [0.15, 0.2) is 72.5 Å². The standard InChI is InChI=1S/C29H37N5/c1-7-22(20-34(5)6)24-10-8-11-25(17-24)29-32-19-27(26(18-30-4)16-21(2)3)28(33-29)23-12-9-14-31-15-13-23/h7-8,10-11,16-20,23,31H,1-2,9,12-15H2,3-6H3/b22-20+,26-16+,30-18-. The molecule has 5 heteroatoms. The lowest BCUT2D eigenvalue weighted by Crippen LogP contribution is -2.14. The van der Waals surface area contributed by atoms with Gasteiger partial charge < -0.3 is 10.2 Å². The average molecular weight is 456 g/mol. The van der Waals surface area contributed by atoms with E-state index in [2.05, 4.69) is 60.0 Å². The van der Waals surface area contributed by atoms with Crippen LogP contribution in [-0.4, -0.2) is 55.3 Å². The zero-order chi connectivity index (χ0) is 24.5. The lowest BCUT2D eigenvalue weighted by atomic mass is 9.90. The molecule has 1 atom stereocenters. The quantitative estimate of drug-likeness (QED) is 0.407. The maximum atomic E-state index is 5.18. The summed E-state index contributed by atoms with van der Waals surface area (Å²) in [5.74, 6) is 1.11. The van der Waals surface area contributed by atoms with Crippen LogP contribution in [0.5, 0.6) is 0 Å². The van der Waals surface area contributed by atoms with Crippen LogP contribution in [-0.2, 0) is 0 Å². The van der Waals surface area contributed by atoms with Crippen LogP contribution in [0.4, 0.5) is 0 Å². The van der Waals surface area contributed by atoms with Crippen molar-refractivity contribution in [3.8, 4) is 11.4 Å². The highest BCUT2D eigenvalue weighted by molar-refractivity contribution is 6.10. The largest absolute Gasteiger partial charge is 0.383 e. The minimum atomic E-state index is 0.367. The van der Waals surface area contributed by atoms with Gasteiger partial charge in [0.2, 0.25) is 0 Å². The van der Waals surface area contributed by atoms with Gasteiger partial charge in [-0.2, -0.15) is 0 Å².